The molecule has 140 valence electrons. The highest BCUT2D eigenvalue weighted by molar-refractivity contribution is 5.93. The van der Waals surface area contributed by atoms with Crippen molar-refractivity contribution in [3.8, 4) is 5.75 Å². The lowest BCUT2D eigenvalue weighted by atomic mass is 10.1. The van der Waals surface area contributed by atoms with E-state index in [-0.39, 0.29) is 12.5 Å². The Morgan fingerprint density at radius 1 is 1.04 bits per heavy atom. The van der Waals surface area contributed by atoms with Gasteiger partial charge in [-0.2, -0.15) is 0 Å². The van der Waals surface area contributed by atoms with Crippen molar-refractivity contribution in [3.63, 3.8) is 0 Å². The third-order valence-electron chi connectivity index (χ3n) is 4.30. The van der Waals surface area contributed by atoms with Gasteiger partial charge in [0, 0.05) is 12.1 Å². The van der Waals surface area contributed by atoms with Crippen molar-refractivity contribution in [1.82, 2.24) is 4.98 Å². The quantitative estimate of drug-likeness (QED) is 0.531. The van der Waals surface area contributed by atoms with Gasteiger partial charge in [0.15, 0.2) is 18.1 Å². The molecule has 1 heterocycles. The Labute approximate surface area is 163 Å². The molecule has 1 amide bonds. The molecule has 0 radical (unpaired) electrons. The van der Waals surface area contributed by atoms with E-state index in [9.17, 15) is 4.79 Å². The van der Waals surface area contributed by atoms with E-state index in [4.69, 9.17) is 9.15 Å². The average Bonchev–Trinajstić information content (AvgIpc) is 3.10. The second kappa shape index (κ2) is 7.96. The monoisotopic (exact) mass is 372 g/mol. The second-order valence-electron chi connectivity index (χ2n) is 6.60. The Kier molecular flexibility index (Phi) is 5.06. The maximum absolute atomic E-state index is 12.2. The SMILES string of the molecule is Cc1ccc(OCC(=O)Nc2ccc3oc(Cc4ccccc4)nc3c2)cc1. The number of anilines is 1. The van der Waals surface area contributed by atoms with E-state index in [0.717, 1.165) is 11.1 Å². The summed E-state index contributed by atoms with van der Waals surface area (Å²) >= 11 is 0. The summed E-state index contributed by atoms with van der Waals surface area (Å²) in [6.07, 6.45) is 0.627. The molecule has 4 aromatic rings. The lowest BCUT2D eigenvalue weighted by Crippen LogP contribution is -2.20. The summed E-state index contributed by atoms with van der Waals surface area (Å²) in [4.78, 5) is 16.7. The van der Waals surface area contributed by atoms with Gasteiger partial charge in [0.2, 0.25) is 0 Å². The Bertz CT molecular complexity index is 1090. The fourth-order valence-corrected chi connectivity index (χ4v) is 2.88. The number of carbonyl (C=O) groups excluding carboxylic acids is 1. The van der Waals surface area contributed by atoms with Crippen molar-refractivity contribution >= 4 is 22.7 Å². The van der Waals surface area contributed by atoms with Crippen LogP contribution in [0.3, 0.4) is 0 Å². The number of hydrogen-bond donors (Lipinski definition) is 1. The molecule has 0 fully saturated rings. The van der Waals surface area contributed by atoms with E-state index >= 15 is 0 Å². The molecule has 1 aromatic heterocycles. The van der Waals surface area contributed by atoms with Crippen molar-refractivity contribution in [3.05, 3.63) is 89.8 Å². The fraction of sp³-hybridized carbons (Fsp3) is 0.130. The maximum Gasteiger partial charge on any atom is 0.262 e. The number of aryl methyl sites for hydroxylation is 1. The van der Waals surface area contributed by atoms with Gasteiger partial charge in [0.1, 0.15) is 11.3 Å². The van der Waals surface area contributed by atoms with Gasteiger partial charge in [-0.05, 0) is 42.8 Å². The van der Waals surface area contributed by atoms with Crippen LogP contribution in [0.4, 0.5) is 5.69 Å². The Balaban J connectivity index is 1.39. The van der Waals surface area contributed by atoms with Crippen LogP contribution in [0, 0.1) is 6.92 Å². The molecule has 5 heteroatoms. The van der Waals surface area contributed by atoms with Crippen LogP contribution < -0.4 is 10.1 Å². The number of rotatable bonds is 6. The second-order valence-corrected chi connectivity index (χ2v) is 6.60. The standard InChI is InChI=1S/C23H20N2O3/c1-16-7-10-19(11-8-16)27-15-22(26)24-18-9-12-21-20(14-18)25-23(28-21)13-17-5-3-2-4-6-17/h2-12,14H,13,15H2,1H3,(H,24,26). The summed E-state index contributed by atoms with van der Waals surface area (Å²) in [5, 5.41) is 2.83. The van der Waals surface area contributed by atoms with Crippen molar-refractivity contribution < 1.29 is 13.9 Å². The van der Waals surface area contributed by atoms with Gasteiger partial charge in [-0.1, -0.05) is 48.0 Å². The smallest absolute Gasteiger partial charge is 0.262 e. The predicted molar refractivity (Wildman–Crippen MR) is 109 cm³/mol. The summed E-state index contributed by atoms with van der Waals surface area (Å²) in [6, 6.07) is 23.0. The molecule has 0 saturated heterocycles. The van der Waals surface area contributed by atoms with Crippen LogP contribution in [0.2, 0.25) is 0 Å². The highest BCUT2D eigenvalue weighted by atomic mass is 16.5. The first-order valence-electron chi connectivity index (χ1n) is 9.08. The van der Waals surface area contributed by atoms with Crippen LogP contribution in [0.1, 0.15) is 17.0 Å². The van der Waals surface area contributed by atoms with Gasteiger partial charge in [-0.15, -0.1) is 0 Å². The molecule has 0 unspecified atom stereocenters. The summed E-state index contributed by atoms with van der Waals surface area (Å²) < 4.78 is 11.3. The molecule has 0 atom stereocenters. The highest BCUT2D eigenvalue weighted by Crippen LogP contribution is 2.21. The van der Waals surface area contributed by atoms with Crippen LogP contribution in [0.15, 0.2) is 77.2 Å². The zero-order valence-electron chi connectivity index (χ0n) is 15.5. The van der Waals surface area contributed by atoms with Gasteiger partial charge in [-0.3, -0.25) is 4.79 Å². The van der Waals surface area contributed by atoms with Crippen molar-refractivity contribution in [1.29, 1.82) is 0 Å². The number of oxazole rings is 1. The molecule has 0 aliphatic heterocycles. The molecule has 0 saturated carbocycles. The number of hydrogen-bond acceptors (Lipinski definition) is 4. The zero-order valence-corrected chi connectivity index (χ0v) is 15.5. The lowest BCUT2D eigenvalue weighted by Gasteiger charge is -2.07. The van der Waals surface area contributed by atoms with E-state index in [1.54, 1.807) is 12.1 Å². The number of benzene rings is 3. The van der Waals surface area contributed by atoms with Gasteiger partial charge in [0.25, 0.3) is 5.91 Å². The van der Waals surface area contributed by atoms with E-state index < -0.39 is 0 Å². The Hall–Kier alpha value is -3.60. The molecule has 5 nitrogen and oxygen atoms in total. The number of carbonyl (C=O) groups is 1. The molecule has 0 spiro atoms. The third-order valence-corrected chi connectivity index (χ3v) is 4.30. The van der Waals surface area contributed by atoms with E-state index in [0.29, 0.717) is 34.8 Å². The molecule has 28 heavy (non-hydrogen) atoms. The predicted octanol–water partition coefficient (Wildman–Crippen LogP) is 4.74. The van der Waals surface area contributed by atoms with Gasteiger partial charge >= 0.3 is 0 Å². The van der Waals surface area contributed by atoms with E-state index in [1.165, 1.54) is 0 Å². The van der Waals surface area contributed by atoms with E-state index in [2.05, 4.69) is 10.3 Å². The van der Waals surface area contributed by atoms with Crippen LogP contribution in [-0.2, 0) is 11.2 Å². The third kappa shape index (κ3) is 4.38. The normalized spacial score (nSPS) is 10.8. The zero-order chi connectivity index (χ0) is 19.3. The number of fused-ring (bicyclic) bond motifs is 1. The molecular weight excluding hydrogens is 352 g/mol. The molecular formula is C23H20N2O3. The molecule has 3 aromatic carbocycles. The van der Waals surface area contributed by atoms with E-state index in [1.807, 2.05) is 67.6 Å². The molecule has 1 N–H and O–H groups in total. The van der Waals surface area contributed by atoms with Gasteiger partial charge in [-0.25, -0.2) is 4.98 Å². The van der Waals surface area contributed by atoms with Crippen LogP contribution in [0.25, 0.3) is 11.1 Å². The first kappa shape index (κ1) is 17.8. The number of nitrogens with zero attached hydrogens (tertiary/aromatic N) is 1. The number of aromatic nitrogens is 1. The summed E-state index contributed by atoms with van der Waals surface area (Å²) in [6.45, 7) is 1.95. The molecule has 0 aliphatic rings. The van der Waals surface area contributed by atoms with Gasteiger partial charge in [0.05, 0.1) is 0 Å². The fourth-order valence-electron chi connectivity index (χ4n) is 2.88. The van der Waals surface area contributed by atoms with Crippen molar-refractivity contribution in [2.75, 3.05) is 11.9 Å². The number of ether oxygens (including phenoxy) is 1. The average molecular weight is 372 g/mol. The largest absolute Gasteiger partial charge is 0.484 e. The number of amides is 1. The number of nitrogens with one attached hydrogen (secondary N) is 1. The summed E-state index contributed by atoms with van der Waals surface area (Å²) in [7, 11) is 0. The highest BCUT2D eigenvalue weighted by Gasteiger charge is 2.09. The molecule has 4 rings (SSSR count). The van der Waals surface area contributed by atoms with Crippen LogP contribution in [-0.4, -0.2) is 17.5 Å². The molecule has 0 aliphatic carbocycles. The summed E-state index contributed by atoms with van der Waals surface area (Å²) in [5.41, 5.74) is 4.34. The van der Waals surface area contributed by atoms with Crippen molar-refractivity contribution in [2.45, 2.75) is 13.3 Å². The first-order valence-corrected chi connectivity index (χ1v) is 9.08. The minimum absolute atomic E-state index is 0.0564. The van der Waals surface area contributed by atoms with Crippen molar-refractivity contribution in [2.24, 2.45) is 0 Å². The topological polar surface area (TPSA) is 64.4 Å². The Morgan fingerprint density at radius 2 is 1.82 bits per heavy atom. The summed E-state index contributed by atoms with van der Waals surface area (Å²) in [5.74, 6) is 1.08. The Morgan fingerprint density at radius 3 is 2.61 bits per heavy atom. The minimum Gasteiger partial charge on any atom is -0.484 e. The first-order chi connectivity index (χ1) is 13.7. The lowest BCUT2D eigenvalue weighted by molar-refractivity contribution is -0.118. The van der Waals surface area contributed by atoms with Gasteiger partial charge < -0.3 is 14.5 Å². The molecule has 0 bridgehead atoms. The maximum atomic E-state index is 12.2. The minimum atomic E-state index is -0.229. The van der Waals surface area contributed by atoms with Crippen LogP contribution >= 0.6 is 0 Å². The van der Waals surface area contributed by atoms with Crippen LogP contribution in [0.5, 0.6) is 5.75 Å².